The van der Waals surface area contributed by atoms with Gasteiger partial charge in [0, 0.05) is 0 Å². The lowest BCUT2D eigenvalue weighted by Gasteiger charge is -2.22. The molecule has 2 heteroatoms. The molecule has 0 fully saturated rings. The van der Waals surface area contributed by atoms with Crippen LogP contribution in [-0.2, 0) is 5.41 Å². The fourth-order valence-corrected chi connectivity index (χ4v) is 1.86. The third kappa shape index (κ3) is 2.99. The van der Waals surface area contributed by atoms with Crippen LogP contribution in [0, 0.1) is 6.92 Å². The number of rotatable bonds is 2. The van der Waals surface area contributed by atoms with E-state index in [0.29, 0.717) is 0 Å². The average Bonchev–Trinajstić information content (AvgIpc) is 2.15. The number of halogens is 1. The summed E-state index contributed by atoms with van der Waals surface area (Å²) in [6.45, 7) is 10.4. The summed E-state index contributed by atoms with van der Waals surface area (Å²) in [4.78, 5) is 0. The standard InChI is InChI=1S/C14H21ClO/c1-9-8-11(14(3,4)5)6-7-12(9)13(16)10(2)15/h6-8,10,13,16H,1-5H3. The maximum absolute atomic E-state index is 9.94. The van der Waals surface area contributed by atoms with Crippen molar-refractivity contribution >= 4 is 11.6 Å². The average molecular weight is 241 g/mol. The molecule has 2 unspecified atom stereocenters. The monoisotopic (exact) mass is 240 g/mol. The van der Waals surface area contributed by atoms with Gasteiger partial charge in [0.1, 0.15) is 0 Å². The summed E-state index contributed by atoms with van der Waals surface area (Å²) in [5.41, 5.74) is 3.45. The molecule has 1 N–H and O–H groups in total. The lowest BCUT2D eigenvalue weighted by Crippen LogP contribution is -2.14. The third-order valence-electron chi connectivity index (χ3n) is 2.89. The van der Waals surface area contributed by atoms with Crippen LogP contribution in [0.1, 0.15) is 50.5 Å². The highest BCUT2D eigenvalue weighted by atomic mass is 35.5. The quantitative estimate of drug-likeness (QED) is 0.776. The molecule has 90 valence electrons. The summed E-state index contributed by atoms with van der Waals surface area (Å²) in [5, 5.41) is 9.68. The zero-order chi connectivity index (χ0) is 12.5. The summed E-state index contributed by atoms with van der Waals surface area (Å²) < 4.78 is 0. The summed E-state index contributed by atoms with van der Waals surface area (Å²) in [5.74, 6) is 0. The van der Waals surface area contributed by atoms with Crippen molar-refractivity contribution in [3.63, 3.8) is 0 Å². The van der Waals surface area contributed by atoms with Crippen molar-refractivity contribution in [3.8, 4) is 0 Å². The van der Waals surface area contributed by atoms with Crippen LogP contribution in [0.2, 0.25) is 0 Å². The van der Waals surface area contributed by atoms with E-state index in [2.05, 4.69) is 32.9 Å². The maximum atomic E-state index is 9.94. The summed E-state index contributed by atoms with van der Waals surface area (Å²) >= 11 is 5.91. The van der Waals surface area contributed by atoms with Gasteiger partial charge in [0.05, 0.1) is 11.5 Å². The first-order chi connectivity index (χ1) is 7.23. The van der Waals surface area contributed by atoms with E-state index in [1.807, 2.05) is 19.9 Å². The summed E-state index contributed by atoms with van der Waals surface area (Å²) in [6, 6.07) is 6.20. The van der Waals surface area contributed by atoms with Crippen molar-refractivity contribution in [3.05, 3.63) is 34.9 Å². The smallest absolute Gasteiger partial charge is 0.0953 e. The number of hydrogen-bond donors (Lipinski definition) is 1. The van der Waals surface area contributed by atoms with Crippen LogP contribution in [0.5, 0.6) is 0 Å². The third-order valence-corrected chi connectivity index (χ3v) is 3.13. The van der Waals surface area contributed by atoms with Crippen LogP contribution in [0.25, 0.3) is 0 Å². The molecular weight excluding hydrogens is 220 g/mol. The van der Waals surface area contributed by atoms with Crippen molar-refractivity contribution in [1.29, 1.82) is 0 Å². The SMILES string of the molecule is Cc1cc(C(C)(C)C)ccc1C(O)C(C)Cl. The predicted octanol–water partition coefficient (Wildman–Crippen LogP) is 3.95. The Balaban J connectivity index is 3.10. The first kappa shape index (κ1) is 13.5. The second-order valence-electron chi connectivity index (χ2n) is 5.44. The fourth-order valence-electron chi connectivity index (χ4n) is 1.72. The van der Waals surface area contributed by atoms with Crippen LogP contribution < -0.4 is 0 Å². The molecule has 0 aliphatic carbocycles. The molecule has 16 heavy (non-hydrogen) atoms. The molecule has 1 aromatic rings. The maximum Gasteiger partial charge on any atom is 0.0953 e. The minimum absolute atomic E-state index is 0.140. The second kappa shape index (κ2) is 4.77. The topological polar surface area (TPSA) is 20.2 Å². The largest absolute Gasteiger partial charge is 0.387 e. The molecule has 1 nitrogen and oxygen atoms in total. The zero-order valence-electron chi connectivity index (χ0n) is 10.7. The van der Waals surface area contributed by atoms with Gasteiger partial charge in [-0.3, -0.25) is 0 Å². The zero-order valence-corrected chi connectivity index (χ0v) is 11.5. The summed E-state index contributed by atoms with van der Waals surface area (Å²) in [6.07, 6.45) is -0.587. The number of aliphatic hydroxyl groups excluding tert-OH is 1. The highest BCUT2D eigenvalue weighted by molar-refractivity contribution is 6.20. The Bertz CT molecular complexity index is 363. The number of benzene rings is 1. The Hall–Kier alpha value is -0.530. The fraction of sp³-hybridized carbons (Fsp3) is 0.571. The predicted molar refractivity (Wildman–Crippen MR) is 70.2 cm³/mol. The molecule has 0 aliphatic rings. The molecule has 0 amide bonds. The highest BCUT2D eigenvalue weighted by Gasteiger charge is 2.19. The number of hydrogen-bond acceptors (Lipinski definition) is 1. The molecule has 2 atom stereocenters. The molecular formula is C14H21ClO. The van der Waals surface area contributed by atoms with Gasteiger partial charge in [-0.1, -0.05) is 39.0 Å². The Morgan fingerprint density at radius 1 is 1.25 bits per heavy atom. The van der Waals surface area contributed by atoms with Gasteiger partial charge in [-0.15, -0.1) is 11.6 Å². The van der Waals surface area contributed by atoms with Gasteiger partial charge in [-0.05, 0) is 36.0 Å². The Kier molecular flexibility index (Phi) is 4.03. The van der Waals surface area contributed by atoms with Crippen molar-refractivity contribution in [1.82, 2.24) is 0 Å². The van der Waals surface area contributed by atoms with E-state index in [0.717, 1.165) is 11.1 Å². The molecule has 0 aromatic heterocycles. The minimum atomic E-state index is -0.587. The lowest BCUT2D eigenvalue weighted by atomic mass is 9.84. The Labute approximate surface area is 103 Å². The van der Waals surface area contributed by atoms with Crippen molar-refractivity contribution in [2.75, 3.05) is 0 Å². The van der Waals surface area contributed by atoms with E-state index in [1.165, 1.54) is 5.56 Å². The van der Waals surface area contributed by atoms with Gasteiger partial charge in [0.2, 0.25) is 0 Å². The molecule has 0 heterocycles. The van der Waals surface area contributed by atoms with Crippen LogP contribution in [0.3, 0.4) is 0 Å². The van der Waals surface area contributed by atoms with Crippen LogP contribution in [0.15, 0.2) is 18.2 Å². The molecule has 1 rings (SSSR count). The molecule has 0 spiro atoms. The van der Waals surface area contributed by atoms with Crippen molar-refractivity contribution < 1.29 is 5.11 Å². The van der Waals surface area contributed by atoms with Gasteiger partial charge in [-0.25, -0.2) is 0 Å². The summed E-state index contributed by atoms with van der Waals surface area (Å²) in [7, 11) is 0. The number of alkyl halides is 1. The Morgan fingerprint density at radius 3 is 2.19 bits per heavy atom. The van der Waals surface area contributed by atoms with Gasteiger partial charge < -0.3 is 5.11 Å². The minimum Gasteiger partial charge on any atom is -0.387 e. The normalized spacial score (nSPS) is 15.9. The molecule has 0 radical (unpaired) electrons. The first-order valence-electron chi connectivity index (χ1n) is 5.66. The van der Waals surface area contributed by atoms with Gasteiger partial charge >= 0.3 is 0 Å². The van der Waals surface area contributed by atoms with Crippen LogP contribution in [-0.4, -0.2) is 10.5 Å². The molecule has 0 saturated carbocycles. The van der Waals surface area contributed by atoms with E-state index >= 15 is 0 Å². The van der Waals surface area contributed by atoms with Gasteiger partial charge in [-0.2, -0.15) is 0 Å². The van der Waals surface area contributed by atoms with Crippen molar-refractivity contribution in [2.45, 2.75) is 51.5 Å². The second-order valence-corrected chi connectivity index (χ2v) is 6.13. The number of aliphatic hydroxyl groups is 1. The van der Waals surface area contributed by atoms with Gasteiger partial charge in [0.15, 0.2) is 0 Å². The molecule has 0 saturated heterocycles. The van der Waals surface area contributed by atoms with Gasteiger partial charge in [0.25, 0.3) is 0 Å². The van der Waals surface area contributed by atoms with E-state index in [-0.39, 0.29) is 10.8 Å². The van der Waals surface area contributed by atoms with Crippen molar-refractivity contribution in [2.24, 2.45) is 0 Å². The van der Waals surface area contributed by atoms with E-state index < -0.39 is 6.10 Å². The highest BCUT2D eigenvalue weighted by Crippen LogP contribution is 2.29. The van der Waals surface area contributed by atoms with Crippen LogP contribution >= 0.6 is 11.6 Å². The lowest BCUT2D eigenvalue weighted by molar-refractivity contribution is 0.176. The van der Waals surface area contributed by atoms with E-state index in [1.54, 1.807) is 0 Å². The number of aryl methyl sites for hydroxylation is 1. The van der Waals surface area contributed by atoms with E-state index in [4.69, 9.17) is 11.6 Å². The molecule has 0 bridgehead atoms. The molecule has 0 aliphatic heterocycles. The molecule has 1 aromatic carbocycles. The Morgan fingerprint density at radius 2 is 1.81 bits per heavy atom. The van der Waals surface area contributed by atoms with Crippen LogP contribution in [0.4, 0.5) is 0 Å². The van der Waals surface area contributed by atoms with E-state index in [9.17, 15) is 5.11 Å². The first-order valence-corrected chi connectivity index (χ1v) is 6.10.